The Morgan fingerprint density at radius 1 is 1.83 bits per heavy atom. The van der Waals surface area contributed by atoms with E-state index < -0.39 is 0 Å². The number of nitrogens with zero attached hydrogens (tertiary/aromatic N) is 1. The zero-order chi connectivity index (χ0) is 4.99. The number of nitrogens with two attached hydrogens (primary N) is 2. The second-order valence-electron chi connectivity index (χ2n) is 0.980. The van der Waals surface area contributed by atoms with E-state index in [9.17, 15) is 0 Å². The maximum Gasteiger partial charge on any atom is 0.322 e. The molecule has 0 aromatic heterocycles. The van der Waals surface area contributed by atoms with Gasteiger partial charge in [-0.1, -0.05) is 6.92 Å². The van der Waals surface area contributed by atoms with Gasteiger partial charge >= 0.3 is 7.55 Å². The molecule has 6 heavy (non-hydrogen) atoms. The van der Waals surface area contributed by atoms with Crippen LogP contribution in [0.4, 0.5) is 0 Å². The van der Waals surface area contributed by atoms with Crippen LogP contribution in [0.15, 0.2) is 0 Å². The SMILES string of the molecule is CCN(N)[B]N. The lowest BCUT2D eigenvalue weighted by Gasteiger charge is -2.05. The van der Waals surface area contributed by atoms with Crippen molar-refractivity contribution in [3.8, 4) is 0 Å². The Morgan fingerprint density at radius 3 is 2.33 bits per heavy atom. The van der Waals surface area contributed by atoms with Crippen molar-refractivity contribution in [3.05, 3.63) is 0 Å². The van der Waals surface area contributed by atoms with Crippen LogP contribution in [0.1, 0.15) is 6.92 Å². The van der Waals surface area contributed by atoms with Crippen LogP contribution in [0.25, 0.3) is 0 Å². The van der Waals surface area contributed by atoms with Crippen LogP contribution in [0.5, 0.6) is 0 Å². The van der Waals surface area contributed by atoms with Crippen molar-refractivity contribution in [1.82, 2.24) is 4.92 Å². The minimum atomic E-state index is 0.760. The van der Waals surface area contributed by atoms with Crippen molar-refractivity contribution in [1.29, 1.82) is 0 Å². The first kappa shape index (κ1) is 5.94. The molecule has 0 heterocycles. The summed E-state index contributed by atoms with van der Waals surface area (Å²) in [6.07, 6.45) is 0. The van der Waals surface area contributed by atoms with Crippen molar-refractivity contribution in [2.24, 2.45) is 11.5 Å². The quantitative estimate of drug-likeness (QED) is 0.249. The standard InChI is InChI=1S/C2H9BN3/c1-2-6(5)3-4/h2,4-5H2,1H3. The highest BCUT2D eigenvalue weighted by molar-refractivity contribution is 6.26. The number of hydrazine groups is 1. The lowest BCUT2D eigenvalue weighted by atomic mass is 10.2. The van der Waals surface area contributed by atoms with E-state index in [1.165, 1.54) is 12.5 Å². The lowest BCUT2D eigenvalue weighted by molar-refractivity contribution is 0.494. The minimum Gasteiger partial charge on any atom is -0.359 e. The Labute approximate surface area is 38.5 Å². The molecule has 0 saturated carbocycles. The molecule has 0 saturated heterocycles. The predicted octanol–water partition coefficient (Wildman–Crippen LogP) is -1.33. The monoisotopic (exact) mass is 86.1 g/mol. The van der Waals surface area contributed by atoms with E-state index in [4.69, 9.17) is 11.5 Å². The molecule has 0 atom stereocenters. The van der Waals surface area contributed by atoms with E-state index in [0.29, 0.717) is 0 Å². The average molecular weight is 85.9 g/mol. The fourth-order valence-corrected chi connectivity index (χ4v) is 0.105. The number of hydrogen-bond acceptors (Lipinski definition) is 3. The summed E-state index contributed by atoms with van der Waals surface area (Å²) >= 11 is 0. The Bertz CT molecular complexity index is 28.0. The number of rotatable bonds is 2. The molecule has 0 unspecified atom stereocenters. The normalized spacial score (nSPS) is 9.33. The summed E-state index contributed by atoms with van der Waals surface area (Å²) in [4.78, 5) is 1.40. The zero-order valence-corrected chi connectivity index (χ0v) is 3.89. The highest BCUT2D eigenvalue weighted by atomic mass is 15.3. The van der Waals surface area contributed by atoms with Gasteiger partial charge in [0.15, 0.2) is 0 Å². The van der Waals surface area contributed by atoms with Gasteiger partial charge in [0, 0.05) is 0 Å². The van der Waals surface area contributed by atoms with E-state index in [-0.39, 0.29) is 0 Å². The van der Waals surface area contributed by atoms with Crippen molar-refractivity contribution in [2.45, 2.75) is 6.92 Å². The first-order valence-corrected chi connectivity index (χ1v) is 1.87. The van der Waals surface area contributed by atoms with Gasteiger partial charge in [-0.2, -0.15) is 0 Å². The summed E-state index contributed by atoms with van der Waals surface area (Å²) in [5.41, 5.74) is 4.96. The molecular formula is C2H9BN3. The molecule has 0 fully saturated rings. The summed E-state index contributed by atoms with van der Waals surface area (Å²) in [7, 11) is 1.33. The summed E-state index contributed by atoms with van der Waals surface area (Å²) in [5.74, 6) is 5.12. The van der Waals surface area contributed by atoms with Crippen molar-refractivity contribution in [3.63, 3.8) is 0 Å². The molecule has 0 aromatic rings. The van der Waals surface area contributed by atoms with Crippen molar-refractivity contribution in [2.75, 3.05) is 6.54 Å². The van der Waals surface area contributed by atoms with Crippen LogP contribution in [0.3, 0.4) is 0 Å². The molecule has 4 heteroatoms. The van der Waals surface area contributed by atoms with Crippen LogP contribution in [0.2, 0.25) is 0 Å². The van der Waals surface area contributed by atoms with Gasteiger partial charge in [0.2, 0.25) is 0 Å². The number of hydrogen-bond donors (Lipinski definition) is 2. The van der Waals surface area contributed by atoms with E-state index >= 15 is 0 Å². The first-order chi connectivity index (χ1) is 2.81. The smallest absolute Gasteiger partial charge is 0.322 e. The Kier molecular flexibility index (Phi) is 3.12. The predicted molar refractivity (Wildman–Crippen MR) is 26.5 cm³/mol. The fraction of sp³-hybridized carbons (Fsp3) is 1.00. The molecule has 0 aliphatic rings. The van der Waals surface area contributed by atoms with Gasteiger partial charge in [-0.3, -0.25) is 10.8 Å². The van der Waals surface area contributed by atoms with Crippen LogP contribution < -0.4 is 11.5 Å². The van der Waals surface area contributed by atoms with Crippen LogP contribution in [0, 0.1) is 0 Å². The summed E-state index contributed by atoms with van der Waals surface area (Å²) < 4.78 is 0. The molecular weight excluding hydrogens is 76.9 g/mol. The zero-order valence-electron chi connectivity index (χ0n) is 3.89. The molecule has 1 radical (unpaired) electrons. The third-order valence-corrected chi connectivity index (χ3v) is 0.557. The Hall–Kier alpha value is -0.0551. The Balaban J connectivity index is 2.75. The van der Waals surface area contributed by atoms with Crippen LogP contribution >= 0.6 is 0 Å². The van der Waals surface area contributed by atoms with E-state index in [2.05, 4.69) is 0 Å². The Morgan fingerprint density at radius 2 is 2.33 bits per heavy atom. The molecule has 0 aliphatic heterocycles. The molecule has 35 valence electrons. The molecule has 4 N–H and O–H groups in total. The van der Waals surface area contributed by atoms with Crippen LogP contribution in [-0.4, -0.2) is 19.0 Å². The maximum absolute atomic E-state index is 5.12. The van der Waals surface area contributed by atoms with Crippen molar-refractivity contribution < 1.29 is 0 Å². The van der Waals surface area contributed by atoms with Gasteiger partial charge < -0.3 is 5.64 Å². The lowest BCUT2D eigenvalue weighted by Crippen LogP contribution is -2.39. The largest absolute Gasteiger partial charge is 0.359 e. The third kappa shape index (κ3) is 2.20. The van der Waals surface area contributed by atoms with E-state index in [1.54, 1.807) is 0 Å². The van der Waals surface area contributed by atoms with Gasteiger partial charge in [0.25, 0.3) is 0 Å². The second kappa shape index (κ2) is 3.15. The van der Waals surface area contributed by atoms with E-state index in [1.807, 2.05) is 6.92 Å². The summed E-state index contributed by atoms with van der Waals surface area (Å²) in [6.45, 7) is 2.68. The highest BCUT2D eigenvalue weighted by Crippen LogP contribution is 1.60. The van der Waals surface area contributed by atoms with Gasteiger partial charge in [0.05, 0.1) is 0 Å². The molecule has 3 nitrogen and oxygen atoms in total. The van der Waals surface area contributed by atoms with Gasteiger partial charge in [-0.05, 0) is 6.54 Å². The van der Waals surface area contributed by atoms with Crippen molar-refractivity contribution >= 4 is 7.55 Å². The first-order valence-electron chi connectivity index (χ1n) is 1.87. The molecule has 0 rings (SSSR count). The topological polar surface area (TPSA) is 55.3 Å². The molecule has 0 spiro atoms. The fourth-order valence-electron chi connectivity index (χ4n) is 0.105. The second-order valence-corrected chi connectivity index (χ2v) is 0.980. The van der Waals surface area contributed by atoms with Gasteiger partial charge in [0.1, 0.15) is 0 Å². The molecule has 0 amide bonds. The average Bonchev–Trinajstić information content (AvgIpc) is 1.65. The third-order valence-electron chi connectivity index (χ3n) is 0.557. The maximum atomic E-state index is 5.12. The minimum absolute atomic E-state index is 0.760. The van der Waals surface area contributed by atoms with Crippen LogP contribution in [-0.2, 0) is 0 Å². The molecule has 0 aliphatic carbocycles. The van der Waals surface area contributed by atoms with Gasteiger partial charge in [-0.15, -0.1) is 0 Å². The summed E-state index contributed by atoms with van der Waals surface area (Å²) in [6, 6.07) is 0. The summed E-state index contributed by atoms with van der Waals surface area (Å²) in [5, 5.41) is 0. The molecule has 0 aromatic carbocycles. The van der Waals surface area contributed by atoms with E-state index in [0.717, 1.165) is 6.54 Å². The molecule has 0 bridgehead atoms. The van der Waals surface area contributed by atoms with Gasteiger partial charge in [-0.25, -0.2) is 0 Å². The highest BCUT2D eigenvalue weighted by Gasteiger charge is 1.86.